The predicted molar refractivity (Wildman–Crippen MR) is 67.1 cm³/mol. The largest absolute Gasteiger partial charge is 0.355 e. The van der Waals surface area contributed by atoms with Gasteiger partial charge in [-0.1, -0.05) is 6.92 Å². The lowest BCUT2D eigenvalue weighted by Gasteiger charge is -2.03. The average molecular weight is 254 g/mol. The third-order valence-electron chi connectivity index (χ3n) is 1.99. The second-order valence-electron chi connectivity index (χ2n) is 3.39. The first-order chi connectivity index (χ1) is 8.13. The number of thioether (sulfide) groups is 1. The van der Waals surface area contributed by atoms with Crippen LogP contribution in [0.4, 0.5) is 5.69 Å². The Morgan fingerprint density at radius 3 is 2.59 bits per heavy atom. The summed E-state index contributed by atoms with van der Waals surface area (Å²) < 4.78 is 0. The third kappa shape index (κ3) is 4.86. The Labute approximate surface area is 104 Å². The first kappa shape index (κ1) is 13.5. The Morgan fingerprint density at radius 1 is 1.41 bits per heavy atom. The number of carbonyl (C=O) groups excluding carboxylic acids is 1. The number of nitro benzene ring substituents is 1. The van der Waals surface area contributed by atoms with Crippen LogP contribution in [-0.2, 0) is 4.79 Å². The highest BCUT2D eigenvalue weighted by Gasteiger charge is 2.05. The standard InChI is InChI=1S/C11H14N2O3S/c1-2-7-12-11(14)8-17-10-5-3-9(4-6-10)13(15)16/h3-6H,2,7-8H2,1H3,(H,12,14). The van der Waals surface area contributed by atoms with Gasteiger partial charge in [-0.2, -0.15) is 0 Å². The van der Waals surface area contributed by atoms with Gasteiger partial charge in [0, 0.05) is 23.6 Å². The Bertz CT molecular complexity index is 392. The fraction of sp³-hybridized carbons (Fsp3) is 0.364. The van der Waals surface area contributed by atoms with Crippen LogP contribution in [-0.4, -0.2) is 23.1 Å². The zero-order chi connectivity index (χ0) is 12.7. The molecular weight excluding hydrogens is 240 g/mol. The summed E-state index contributed by atoms with van der Waals surface area (Å²) in [5.74, 6) is 0.313. The fourth-order valence-corrected chi connectivity index (χ4v) is 1.86. The van der Waals surface area contributed by atoms with Crippen LogP contribution in [0.3, 0.4) is 0 Å². The van der Waals surface area contributed by atoms with Crippen LogP contribution in [0.5, 0.6) is 0 Å². The summed E-state index contributed by atoms with van der Waals surface area (Å²) in [5, 5.41) is 13.2. The van der Waals surface area contributed by atoms with Crippen molar-refractivity contribution in [3.05, 3.63) is 34.4 Å². The molecule has 5 nitrogen and oxygen atoms in total. The number of nitrogens with zero attached hydrogens (tertiary/aromatic N) is 1. The molecule has 0 aromatic heterocycles. The molecule has 0 aliphatic heterocycles. The predicted octanol–water partition coefficient (Wildman–Crippen LogP) is 2.21. The van der Waals surface area contributed by atoms with Gasteiger partial charge in [0.25, 0.3) is 5.69 Å². The van der Waals surface area contributed by atoms with E-state index in [1.807, 2.05) is 6.92 Å². The van der Waals surface area contributed by atoms with E-state index in [2.05, 4.69) is 5.32 Å². The van der Waals surface area contributed by atoms with Crippen LogP contribution in [0.2, 0.25) is 0 Å². The molecule has 0 fully saturated rings. The average Bonchev–Trinajstić information content (AvgIpc) is 2.34. The molecule has 0 heterocycles. The van der Waals surface area contributed by atoms with Crippen LogP contribution in [0.15, 0.2) is 29.2 Å². The summed E-state index contributed by atoms with van der Waals surface area (Å²) in [6, 6.07) is 6.17. The molecule has 0 saturated heterocycles. The van der Waals surface area contributed by atoms with E-state index in [1.54, 1.807) is 12.1 Å². The van der Waals surface area contributed by atoms with E-state index in [9.17, 15) is 14.9 Å². The molecule has 0 radical (unpaired) electrons. The van der Waals surface area contributed by atoms with Gasteiger partial charge >= 0.3 is 0 Å². The fourth-order valence-electron chi connectivity index (χ4n) is 1.13. The number of carbonyl (C=O) groups is 1. The molecule has 1 rings (SSSR count). The van der Waals surface area contributed by atoms with E-state index in [-0.39, 0.29) is 11.6 Å². The molecule has 0 atom stereocenters. The van der Waals surface area contributed by atoms with Crippen LogP contribution in [0.25, 0.3) is 0 Å². The van der Waals surface area contributed by atoms with Gasteiger partial charge in [-0.25, -0.2) is 0 Å². The van der Waals surface area contributed by atoms with Gasteiger partial charge in [0.2, 0.25) is 5.91 Å². The SMILES string of the molecule is CCCNC(=O)CSc1ccc([N+](=O)[O-])cc1. The smallest absolute Gasteiger partial charge is 0.269 e. The van der Waals surface area contributed by atoms with Gasteiger partial charge in [0.15, 0.2) is 0 Å². The van der Waals surface area contributed by atoms with E-state index in [0.717, 1.165) is 11.3 Å². The van der Waals surface area contributed by atoms with Crippen molar-refractivity contribution in [1.29, 1.82) is 0 Å². The number of nitrogens with one attached hydrogen (secondary N) is 1. The summed E-state index contributed by atoms with van der Waals surface area (Å²) >= 11 is 1.36. The van der Waals surface area contributed by atoms with Crippen LogP contribution in [0.1, 0.15) is 13.3 Å². The van der Waals surface area contributed by atoms with Crippen LogP contribution in [0, 0.1) is 10.1 Å². The first-order valence-corrected chi connectivity index (χ1v) is 6.26. The molecule has 1 aromatic rings. The Hall–Kier alpha value is -1.56. The topological polar surface area (TPSA) is 72.2 Å². The molecule has 0 saturated carbocycles. The molecule has 17 heavy (non-hydrogen) atoms. The number of hydrogen-bond acceptors (Lipinski definition) is 4. The zero-order valence-electron chi connectivity index (χ0n) is 9.51. The molecular formula is C11H14N2O3S. The van der Waals surface area contributed by atoms with Gasteiger partial charge in [0.1, 0.15) is 0 Å². The monoisotopic (exact) mass is 254 g/mol. The van der Waals surface area contributed by atoms with E-state index in [0.29, 0.717) is 12.3 Å². The lowest BCUT2D eigenvalue weighted by Crippen LogP contribution is -2.25. The number of benzene rings is 1. The molecule has 0 spiro atoms. The minimum atomic E-state index is -0.442. The molecule has 1 N–H and O–H groups in total. The van der Waals surface area contributed by atoms with E-state index >= 15 is 0 Å². The molecule has 92 valence electrons. The summed E-state index contributed by atoms with van der Waals surface area (Å²) in [4.78, 5) is 22.1. The van der Waals surface area contributed by atoms with Gasteiger partial charge < -0.3 is 5.32 Å². The lowest BCUT2D eigenvalue weighted by atomic mass is 10.3. The number of amides is 1. The van der Waals surface area contributed by atoms with Crippen LogP contribution >= 0.6 is 11.8 Å². The van der Waals surface area contributed by atoms with E-state index in [4.69, 9.17) is 0 Å². The Morgan fingerprint density at radius 2 is 2.06 bits per heavy atom. The second-order valence-corrected chi connectivity index (χ2v) is 4.44. The second kappa shape index (κ2) is 6.90. The molecule has 0 aliphatic rings. The Kier molecular flexibility index (Phi) is 5.48. The maximum absolute atomic E-state index is 11.3. The zero-order valence-corrected chi connectivity index (χ0v) is 10.3. The molecule has 0 bridgehead atoms. The number of rotatable bonds is 6. The molecule has 6 heteroatoms. The lowest BCUT2D eigenvalue weighted by molar-refractivity contribution is -0.384. The quantitative estimate of drug-likeness (QED) is 0.480. The van der Waals surface area contributed by atoms with Crippen molar-refractivity contribution in [2.45, 2.75) is 18.2 Å². The van der Waals surface area contributed by atoms with Crippen molar-refractivity contribution in [2.24, 2.45) is 0 Å². The van der Waals surface area contributed by atoms with Gasteiger partial charge in [-0.05, 0) is 18.6 Å². The van der Waals surface area contributed by atoms with Crippen LogP contribution < -0.4 is 5.32 Å². The van der Waals surface area contributed by atoms with Gasteiger partial charge in [-0.15, -0.1) is 11.8 Å². The number of nitro groups is 1. The maximum Gasteiger partial charge on any atom is 0.269 e. The first-order valence-electron chi connectivity index (χ1n) is 5.27. The maximum atomic E-state index is 11.3. The minimum Gasteiger partial charge on any atom is -0.355 e. The minimum absolute atomic E-state index is 0.0183. The molecule has 1 aromatic carbocycles. The summed E-state index contributed by atoms with van der Waals surface area (Å²) in [6.45, 7) is 2.67. The van der Waals surface area contributed by atoms with Crippen molar-refractivity contribution in [3.8, 4) is 0 Å². The molecule has 0 aliphatic carbocycles. The highest BCUT2D eigenvalue weighted by molar-refractivity contribution is 8.00. The van der Waals surface area contributed by atoms with Crippen molar-refractivity contribution >= 4 is 23.4 Å². The van der Waals surface area contributed by atoms with Crippen molar-refractivity contribution in [3.63, 3.8) is 0 Å². The summed E-state index contributed by atoms with van der Waals surface area (Å²) in [6.07, 6.45) is 0.911. The Balaban J connectivity index is 2.42. The van der Waals surface area contributed by atoms with E-state index < -0.39 is 4.92 Å². The number of hydrogen-bond donors (Lipinski definition) is 1. The molecule has 0 unspecified atom stereocenters. The molecule has 1 amide bonds. The third-order valence-corrected chi connectivity index (χ3v) is 3.00. The van der Waals surface area contributed by atoms with Gasteiger partial charge in [-0.3, -0.25) is 14.9 Å². The van der Waals surface area contributed by atoms with E-state index in [1.165, 1.54) is 23.9 Å². The highest BCUT2D eigenvalue weighted by Crippen LogP contribution is 2.20. The van der Waals surface area contributed by atoms with Crippen molar-refractivity contribution in [2.75, 3.05) is 12.3 Å². The van der Waals surface area contributed by atoms with Crippen molar-refractivity contribution in [1.82, 2.24) is 5.32 Å². The summed E-state index contributed by atoms with van der Waals surface area (Å²) in [5.41, 5.74) is 0.0600. The van der Waals surface area contributed by atoms with Gasteiger partial charge in [0.05, 0.1) is 10.7 Å². The number of non-ortho nitro benzene ring substituents is 1. The summed E-state index contributed by atoms with van der Waals surface area (Å²) in [7, 11) is 0. The normalized spacial score (nSPS) is 9.94. The highest BCUT2D eigenvalue weighted by atomic mass is 32.2. The van der Waals surface area contributed by atoms with Crippen molar-refractivity contribution < 1.29 is 9.72 Å².